The second-order valence-electron chi connectivity index (χ2n) is 8.94. The summed E-state index contributed by atoms with van der Waals surface area (Å²) in [6.07, 6.45) is 3.66. The molecule has 174 valence electrons. The molecule has 0 unspecified atom stereocenters. The molecule has 0 atom stereocenters. The van der Waals surface area contributed by atoms with Crippen LogP contribution in [0.5, 0.6) is 0 Å². The summed E-state index contributed by atoms with van der Waals surface area (Å²) in [6.45, 7) is 6.75. The van der Waals surface area contributed by atoms with E-state index in [1.54, 1.807) is 6.08 Å². The predicted octanol–water partition coefficient (Wildman–Crippen LogP) is 5.45. The first-order valence-electron chi connectivity index (χ1n) is 11.4. The fourth-order valence-corrected chi connectivity index (χ4v) is 4.72. The van der Waals surface area contributed by atoms with Crippen LogP contribution in [0.1, 0.15) is 27.8 Å². The van der Waals surface area contributed by atoms with Crippen molar-refractivity contribution in [3.05, 3.63) is 106 Å². The van der Waals surface area contributed by atoms with Crippen LogP contribution in [0.4, 0.5) is 5.69 Å². The average Bonchev–Trinajstić information content (AvgIpc) is 3.16. The van der Waals surface area contributed by atoms with Gasteiger partial charge in [-0.2, -0.15) is 0 Å². The topological polar surface area (TPSA) is 54.3 Å². The van der Waals surface area contributed by atoms with Crippen LogP contribution in [-0.2, 0) is 16.1 Å². The molecule has 6 heteroatoms. The van der Waals surface area contributed by atoms with E-state index in [-0.39, 0.29) is 10.7 Å². The van der Waals surface area contributed by atoms with Crippen molar-refractivity contribution < 1.29 is 9.59 Å². The Morgan fingerprint density at radius 2 is 1.71 bits per heavy atom. The SMILES string of the molecule is Cc1cccc(Cn2cc(/C=C3\C(=O)NC(=S)N(c4ccc(C)c(C)c4)C3=O)c3ccccc32)c1. The minimum atomic E-state index is -0.490. The fraction of sp³-hybridized carbons (Fsp3) is 0.138. The van der Waals surface area contributed by atoms with Gasteiger partial charge >= 0.3 is 0 Å². The number of amides is 2. The van der Waals surface area contributed by atoms with E-state index in [1.165, 1.54) is 16.0 Å². The van der Waals surface area contributed by atoms with Crippen molar-refractivity contribution >= 4 is 51.8 Å². The molecule has 5 rings (SSSR count). The number of carbonyl (C=O) groups is 2. The molecule has 0 bridgehead atoms. The first-order valence-corrected chi connectivity index (χ1v) is 11.8. The summed E-state index contributed by atoms with van der Waals surface area (Å²) in [5, 5.41) is 3.74. The highest BCUT2D eigenvalue weighted by molar-refractivity contribution is 7.80. The summed E-state index contributed by atoms with van der Waals surface area (Å²) in [7, 11) is 0. The van der Waals surface area contributed by atoms with E-state index in [4.69, 9.17) is 12.2 Å². The minimum Gasteiger partial charge on any atom is -0.342 e. The van der Waals surface area contributed by atoms with Crippen LogP contribution < -0.4 is 10.2 Å². The average molecular weight is 480 g/mol. The molecular weight excluding hydrogens is 454 g/mol. The van der Waals surface area contributed by atoms with E-state index in [9.17, 15) is 9.59 Å². The van der Waals surface area contributed by atoms with Crippen molar-refractivity contribution in [2.45, 2.75) is 27.3 Å². The Bertz CT molecular complexity index is 1550. The van der Waals surface area contributed by atoms with E-state index in [0.29, 0.717) is 12.2 Å². The highest BCUT2D eigenvalue weighted by atomic mass is 32.1. The number of fused-ring (bicyclic) bond motifs is 1. The van der Waals surface area contributed by atoms with Crippen LogP contribution in [0.3, 0.4) is 0 Å². The Morgan fingerprint density at radius 3 is 2.49 bits per heavy atom. The van der Waals surface area contributed by atoms with Gasteiger partial charge in [0.1, 0.15) is 5.57 Å². The van der Waals surface area contributed by atoms with Crippen molar-refractivity contribution in [3.8, 4) is 0 Å². The molecule has 1 aromatic heterocycles. The first-order chi connectivity index (χ1) is 16.8. The summed E-state index contributed by atoms with van der Waals surface area (Å²) in [4.78, 5) is 27.8. The van der Waals surface area contributed by atoms with Crippen LogP contribution in [0, 0.1) is 20.8 Å². The lowest BCUT2D eigenvalue weighted by Gasteiger charge is -2.29. The number of hydrogen-bond donors (Lipinski definition) is 1. The third-order valence-corrected chi connectivity index (χ3v) is 6.69. The molecule has 0 spiro atoms. The first kappa shape index (κ1) is 22.7. The number of hydrogen-bond acceptors (Lipinski definition) is 3. The molecular formula is C29H25N3O2S. The number of thiocarbonyl (C=S) groups is 1. The highest BCUT2D eigenvalue weighted by Gasteiger charge is 2.34. The molecule has 2 heterocycles. The highest BCUT2D eigenvalue weighted by Crippen LogP contribution is 2.28. The van der Waals surface area contributed by atoms with Gasteiger partial charge in [-0.1, -0.05) is 54.1 Å². The largest absolute Gasteiger partial charge is 0.342 e. The zero-order chi connectivity index (χ0) is 24.7. The van der Waals surface area contributed by atoms with Crippen molar-refractivity contribution in [2.75, 3.05) is 4.90 Å². The van der Waals surface area contributed by atoms with Crippen molar-refractivity contribution in [1.82, 2.24) is 9.88 Å². The van der Waals surface area contributed by atoms with E-state index in [2.05, 4.69) is 41.1 Å². The lowest BCUT2D eigenvalue weighted by molar-refractivity contribution is -0.122. The Morgan fingerprint density at radius 1 is 0.914 bits per heavy atom. The van der Waals surface area contributed by atoms with E-state index < -0.39 is 11.8 Å². The molecule has 4 aromatic rings. The van der Waals surface area contributed by atoms with Crippen molar-refractivity contribution in [1.29, 1.82) is 0 Å². The zero-order valence-corrected chi connectivity index (χ0v) is 20.6. The molecule has 0 radical (unpaired) electrons. The number of anilines is 1. The molecule has 1 aliphatic rings. The molecule has 1 N–H and O–H groups in total. The summed E-state index contributed by atoms with van der Waals surface area (Å²) < 4.78 is 2.15. The minimum absolute atomic E-state index is 0.0512. The Kier molecular flexibility index (Phi) is 5.83. The standard InChI is InChI=1S/C29H25N3O2S/c1-18-7-6-8-21(13-18)16-31-17-22(24-9-4-5-10-26(24)31)15-25-27(33)30-29(35)32(28(25)34)23-12-11-19(2)20(3)14-23/h4-15,17H,16H2,1-3H3,(H,30,33,35)/b25-15+. The van der Waals surface area contributed by atoms with Crippen molar-refractivity contribution in [2.24, 2.45) is 0 Å². The van der Waals surface area contributed by atoms with Gasteiger partial charge in [0.2, 0.25) is 0 Å². The quantitative estimate of drug-likeness (QED) is 0.241. The maximum atomic E-state index is 13.5. The number of aryl methyl sites for hydroxylation is 3. The second kappa shape index (κ2) is 8.96. The second-order valence-corrected chi connectivity index (χ2v) is 9.33. The monoisotopic (exact) mass is 479 g/mol. The van der Waals surface area contributed by atoms with Crippen molar-refractivity contribution in [3.63, 3.8) is 0 Å². The summed E-state index contributed by atoms with van der Waals surface area (Å²) in [5.74, 6) is -0.923. The predicted molar refractivity (Wildman–Crippen MR) is 144 cm³/mol. The molecule has 2 amide bonds. The summed E-state index contributed by atoms with van der Waals surface area (Å²) in [5.41, 5.74) is 7.07. The van der Waals surface area contributed by atoms with Gasteiger partial charge in [0.05, 0.1) is 5.69 Å². The molecule has 0 aliphatic carbocycles. The van der Waals surface area contributed by atoms with Gasteiger partial charge in [-0.15, -0.1) is 0 Å². The van der Waals surface area contributed by atoms with Crippen LogP contribution in [0.15, 0.2) is 78.5 Å². The van der Waals surface area contributed by atoms with Gasteiger partial charge in [-0.05, 0) is 74.0 Å². The van der Waals surface area contributed by atoms with Gasteiger partial charge in [-0.25, -0.2) is 0 Å². The molecule has 1 aliphatic heterocycles. The molecule has 1 fully saturated rings. The molecule has 0 saturated carbocycles. The number of benzene rings is 3. The number of nitrogens with one attached hydrogen (secondary N) is 1. The lowest BCUT2D eigenvalue weighted by Crippen LogP contribution is -2.54. The number of nitrogens with zero attached hydrogens (tertiary/aromatic N) is 2. The number of aromatic nitrogens is 1. The van der Waals surface area contributed by atoms with Gasteiger partial charge in [0, 0.05) is 29.2 Å². The van der Waals surface area contributed by atoms with Crippen LogP contribution >= 0.6 is 12.2 Å². The molecule has 3 aromatic carbocycles. The smallest absolute Gasteiger partial charge is 0.270 e. The third kappa shape index (κ3) is 4.29. The lowest BCUT2D eigenvalue weighted by atomic mass is 10.0. The molecule has 1 saturated heterocycles. The molecule has 35 heavy (non-hydrogen) atoms. The van der Waals surface area contributed by atoms with Crippen LogP contribution in [-0.4, -0.2) is 21.5 Å². The fourth-order valence-electron chi connectivity index (χ4n) is 4.44. The van der Waals surface area contributed by atoms with E-state index in [1.807, 2.05) is 62.5 Å². The normalized spacial score (nSPS) is 15.2. The van der Waals surface area contributed by atoms with Gasteiger partial charge < -0.3 is 4.57 Å². The molecule has 5 nitrogen and oxygen atoms in total. The van der Waals surface area contributed by atoms with Gasteiger partial charge in [0.25, 0.3) is 11.8 Å². The Hall–Kier alpha value is -4.03. The maximum absolute atomic E-state index is 13.5. The van der Waals surface area contributed by atoms with E-state index >= 15 is 0 Å². The zero-order valence-electron chi connectivity index (χ0n) is 19.8. The van der Waals surface area contributed by atoms with Gasteiger partial charge in [-0.3, -0.25) is 19.8 Å². The number of para-hydroxylation sites is 1. The van der Waals surface area contributed by atoms with E-state index in [0.717, 1.165) is 27.6 Å². The van der Waals surface area contributed by atoms with Crippen LogP contribution in [0.25, 0.3) is 17.0 Å². The summed E-state index contributed by atoms with van der Waals surface area (Å²) in [6, 6.07) is 22.1. The third-order valence-electron chi connectivity index (χ3n) is 6.41. The Balaban J connectivity index is 1.57. The van der Waals surface area contributed by atoms with Gasteiger partial charge in [0.15, 0.2) is 5.11 Å². The van der Waals surface area contributed by atoms with Crippen LogP contribution in [0.2, 0.25) is 0 Å². The maximum Gasteiger partial charge on any atom is 0.270 e. The number of rotatable bonds is 4. The summed E-state index contributed by atoms with van der Waals surface area (Å²) >= 11 is 5.36. The Labute approximate surface area is 209 Å². The number of carbonyl (C=O) groups excluding carboxylic acids is 2.